The zero-order valence-corrected chi connectivity index (χ0v) is 31.6. The van der Waals surface area contributed by atoms with Gasteiger partial charge >= 0.3 is 19.8 Å². The molecule has 11 heteroatoms. The molecule has 0 amide bonds. The molecule has 50 heavy (non-hydrogen) atoms. The summed E-state index contributed by atoms with van der Waals surface area (Å²) in [4.78, 5) is 42.7. The van der Waals surface area contributed by atoms with E-state index in [1.165, 1.54) is 25.7 Å². The van der Waals surface area contributed by atoms with E-state index >= 15 is 0 Å². The minimum absolute atomic E-state index is 0.0402. The van der Waals surface area contributed by atoms with E-state index in [0.717, 1.165) is 64.2 Å². The lowest BCUT2D eigenvalue weighted by molar-refractivity contribution is -0.161. The van der Waals surface area contributed by atoms with Gasteiger partial charge in [0.15, 0.2) is 6.10 Å². The van der Waals surface area contributed by atoms with Gasteiger partial charge in [0.25, 0.3) is 0 Å². The van der Waals surface area contributed by atoms with Crippen LogP contribution in [0, 0.1) is 0 Å². The third-order valence-corrected chi connectivity index (χ3v) is 8.20. The summed E-state index contributed by atoms with van der Waals surface area (Å²) in [5.41, 5.74) is 0. The summed E-state index contributed by atoms with van der Waals surface area (Å²) in [5.74, 6) is -1.13. The summed E-state index contributed by atoms with van der Waals surface area (Å²) in [6, 6.07) is 0. The number of hydrogen-bond donors (Lipinski definition) is 4. The number of rotatable bonds is 33. The molecule has 0 saturated carbocycles. The zero-order chi connectivity index (χ0) is 37.1. The molecule has 0 bridgehead atoms. The Hall–Kier alpha value is -2.33. The summed E-state index contributed by atoms with van der Waals surface area (Å²) in [7, 11) is -4.82. The molecule has 4 N–H and O–H groups in total. The van der Waals surface area contributed by atoms with Crippen molar-refractivity contribution in [1.82, 2.24) is 0 Å². The van der Waals surface area contributed by atoms with Crippen molar-refractivity contribution in [2.24, 2.45) is 0 Å². The molecule has 0 spiro atoms. The number of aliphatic hydroxyl groups excluding tert-OH is 2. The Kier molecular flexibility index (Phi) is 32.2. The topological polar surface area (TPSA) is 160 Å². The molecule has 0 unspecified atom stereocenters. The van der Waals surface area contributed by atoms with E-state index in [9.17, 15) is 24.4 Å². The molecule has 0 heterocycles. The Morgan fingerprint density at radius 1 is 0.620 bits per heavy atom. The van der Waals surface area contributed by atoms with Gasteiger partial charge in [-0.25, -0.2) is 4.57 Å². The Morgan fingerprint density at radius 2 is 1.14 bits per heavy atom. The average Bonchev–Trinajstić information content (AvgIpc) is 3.07. The fourth-order valence-electron chi connectivity index (χ4n) is 4.81. The first kappa shape index (κ1) is 47.7. The molecule has 0 rings (SSSR count). The van der Waals surface area contributed by atoms with Crippen molar-refractivity contribution in [1.29, 1.82) is 0 Å². The number of hydrogen-bond acceptors (Lipinski definition) is 8. The van der Waals surface area contributed by atoms with E-state index in [4.69, 9.17) is 19.3 Å². The lowest BCUT2D eigenvalue weighted by Gasteiger charge is -2.18. The second-order valence-electron chi connectivity index (χ2n) is 12.6. The predicted molar refractivity (Wildman–Crippen MR) is 200 cm³/mol. The van der Waals surface area contributed by atoms with Crippen LogP contribution in [0.3, 0.4) is 0 Å². The van der Waals surface area contributed by atoms with Crippen molar-refractivity contribution < 1.29 is 48.2 Å². The number of carbonyl (C=O) groups is 2. The molecule has 0 fully saturated rings. The first-order valence-corrected chi connectivity index (χ1v) is 20.3. The zero-order valence-electron chi connectivity index (χ0n) is 30.7. The molecule has 0 saturated heterocycles. The molecule has 0 aromatic heterocycles. The van der Waals surface area contributed by atoms with E-state index in [1.54, 1.807) is 18.2 Å². The van der Waals surface area contributed by atoms with Crippen LogP contribution < -0.4 is 0 Å². The number of phosphoric ester groups is 1. The maximum absolute atomic E-state index is 12.4. The van der Waals surface area contributed by atoms with E-state index in [1.807, 2.05) is 30.4 Å². The minimum atomic E-state index is -4.82. The maximum Gasteiger partial charge on any atom is 0.469 e. The predicted octanol–water partition coefficient (Wildman–Crippen LogP) is 8.90. The van der Waals surface area contributed by atoms with Crippen LogP contribution in [0.15, 0.2) is 60.8 Å². The van der Waals surface area contributed by atoms with Crippen molar-refractivity contribution in [3.8, 4) is 0 Å². The van der Waals surface area contributed by atoms with Gasteiger partial charge in [0.05, 0.1) is 18.8 Å². The van der Waals surface area contributed by atoms with Crippen molar-refractivity contribution in [2.75, 3.05) is 13.2 Å². The normalized spacial score (nSPS) is 14.4. The SMILES string of the molecule is CCCCCC/C=C\CCCCCCCC(=O)OC[C@H](COP(=O)(O)O)OC(=O)CCC[C@H](O)/C=C/C=C\C/C=C\C=C\[C@H](O)CCCCC. The number of phosphoric acid groups is 1. The number of unbranched alkanes of at least 4 members (excludes halogenated alkanes) is 11. The number of esters is 2. The monoisotopic (exact) mass is 726 g/mol. The highest BCUT2D eigenvalue weighted by Crippen LogP contribution is 2.36. The van der Waals surface area contributed by atoms with Gasteiger partial charge < -0.3 is 29.5 Å². The highest BCUT2D eigenvalue weighted by Gasteiger charge is 2.23. The Balaban J connectivity index is 4.27. The molecule has 0 aliphatic rings. The largest absolute Gasteiger partial charge is 0.469 e. The van der Waals surface area contributed by atoms with Crippen LogP contribution in [0.4, 0.5) is 0 Å². The van der Waals surface area contributed by atoms with Crippen LogP contribution in [-0.4, -0.2) is 63.5 Å². The Bertz CT molecular complexity index is 1030. The molecular weight excluding hydrogens is 659 g/mol. The van der Waals surface area contributed by atoms with Crippen LogP contribution in [-0.2, 0) is 28.2 Å². The third kappa shape index (κ3) is 35.5. The number of aliphatic hydroxyl groups is 2. The Morgan fingerprint density at radius 3 is 1.74 bits per heavy atom. The molecule has 0 aromatic rings. The van der Waals surface area contributed by atoms with Gasteiger partial charge in [-0.3, -0.25) is 14.1 Å². The number of ether oxygens (including phenoxy) is 2. The van der Waals surface area contributed by atoms with Crippen LogP contribution in [0.2, 0.25) is 0 Å². The summed E-state index contributed by atoms with van der Waals surface area (Å²) >= 11 is 0. The molecule has 0 aliphatic heterocycles. The number of allylic oxidation sites excluding steroid dienone is 8. The molecule has 0 aliphatic carbocycles. The van der Waals surface area contributed by atoms with Crippen molar-refractivity contribution in [2.45, 2.75) is 161 Å². The van der Waals surface area contributed by atoms with Crippen LogP contribution >= 0.6 is 7.82 Å². The quantitative estimate of drug-likeness (QED) is 0.0169. The van der Waals surface area contributed by atoms with Gasteiger partial charge in [-0.1, -0.05) is 132 Å². The van der Waals surface area contributed by atoms with Crippen LogP contribution in [0.5, 0.6) is 0 Å². The summed E-state index contributed by atoms with van der Waals surface area (Å²) in [6.07, 6.45) is 34.4. The molecule has 0 radical (unpaired) electrons. The number of carbonyl (C=O) groups excluding carboxylic acids is 2. The lowest BCUT2D eigenvalue weighted by atomic mass is 10.1. The van der Waals surface area contributed by atoms with Crippen molar-refractivity contribution in [3.05, 3.63) is 60.8 Å². The van der Waals surface area contributed by atoms with Gasteiger partial charge in [0.2, 0.25) is 0 Å². The second kappa shape index (κ2) is 33.8. The minimum Gasteiger partial charge on any atom is -0.462 e. The lowest BCUT2D eigenvalue weighted by Crippen LogP contribution is -2.29. The third-order valence-electron chi connectivity index (χ3n) is 7.72. The fraction of sp³-hybridized carbons (Fsp3) is 0.692. The Labute approximate surface area is 302 Å². The van der Waals surface area contributed by atoms with E-state index < -0.39 is 44.7 Å². The van der Waals surface area contributed by atoms with Crippen molar-refractivity contribution in [3.63, 3.8) is 0 Å². The van der Waals surface area contributed by atoms with E-state index in [2.05, 4.69) is 30.5 Å². The second-order valence-corrected chi connectivity index (χ2v) is 13.8. The van der Waals surface area contributed by atoms with Gasteiger partial charge in [-0.05, 0) is 57.8 Å². The van der Waals surface area contributed by atoms with E-state index in [0.29, 0.717) is 25.7 Å². The van der Waals surface area contributed by atoms with Gasteiger partial charge in [0.1, 0.15) is 6.61 Å². The first-order valence-electron chi connectivity index (χ1n) is 18.8. The maximum atomic E-state index is 12.4. The summed E-state index contributed by atoms with van der Waals surface area (Å²) in [5, 5.41) is 20.0. The van der Waals surface area contributed by atoms with Crippen LogP contribution in [0.1, 0.15) is 142 Å². The van der Waals surface area contributed by atoms with Gasteiger partial charge in [0, 0.05) is 12.8 Å². The highest BCUT2D eigenvalue weighted by molar-refractivity contribution is 7.46. The molecule has 0 aromatic carbocycles. The van der Waals surface area contributed by atoms with E-state index in [-0.39, 0.29) is 19.4 Å². The highest BCUT2D eigenvalue weighted by atomic mass is 31.2. The van der Waals surface area contributed by atoms with Crippen LogP contribution in [0.25, 0.3) is 0 Å². The molecule has 288 valence electrons. The molecule has 10 nitrogen and oxygen atoms in total. The molecule has 3 atom stereocenters. The van der Waals surface area contributed by atoms with Gasteiger partial charge in [-0.15, -0.1) is 0 Å². The summed E-state index contributed by atoms with van der Waals surface area (Å²) < 4.78 is 26.1. The average molecular weight is 727 g/mol. The standard InChI is InChI=1S/C39H67O10P/c1-3-5-7-8-9-10-11-12-13-14-18-21-25-31-38(42)47-33-37(34-48-50(44,45)46)49-39(43)32-26-30-36(41)29-24-20-17-15-16-19-23-28-35(40)27-22-6-4-2/h10-11,16-17,19-20,23-24,28-29,35-37,40-41H,3-9,12-15,18,21-22,25-27,30-34H2,1-2H3,(H2,44,45,46)/b11-10-,19-16-,20-17-,28-23+,29-24+/t35-,36-,37-/m1/s1. The first-order chi connectivity index (χ1) is 24.1. The molecular formula is C39H67O10P. The van der Waals surface area contributed by atoms with Gasteiger partial charge in [-0.2, -0.15) is 0 Å². The fourth-order valence-corrected chi connectivity index (χ4v) is 5.18. The summed E-state index contributed by atoms with van der Waals surface area (Å²) in [6.45, 7) is 3.35. The smallest absolute Gasteiger partial charge is 0.462 e. The van der Waals surface area contributed by atoms with Crippen molar-refractivity contribution >= 4 is 19.8 Å².